The van der Waals surface area contributed by atoms with E-state index in [9.17, 15) is 8.42 Å². The van der Waals surface area contributed by atoms with Gasteiger partial charge < -0.3 is 0 Å². The number of para-hydroxylation sites is 1. The van der Waals surface area contributed by atoms with E-state index in [-0.39, 0.29) is 0 Å². The Morgan fingerprint density at radius 3 is 2.67 bits per heavy atom. The molecule has 0 bridgehead atoms. The summed E-state index contributed by atoms with van der Waals surface area (Å²) in [6.45, 7) is 1.59. The van der Waals surface area contributed by atoms with Crippen molar-refractivity contribution in [1.82, 2.24) is 13.6 Å². The second-order valence-corrected chi connectivity index (χ2v) is 7.40. The lowest BCUT2D eigenvalue weighted by atomic mass is 10.1. The lowest BCUT2D eigenvalue weighted by Gasteiger charge is -2.24. The fourth-order valence-corrected chi connectivity index (χ4v) is 4.15. The fraction of sp³-hybridized carbons (Fsp3) is 0.400. The topological polar surface area (TPSA) is 53.5 Å². The van der Waals surface area contributed by atoms with Crippen LogP contribution in [0.25, 0.3) is 10.9 Å². The van der Waals surface area contributed by atoms with Gasteiger partial charge in [0.2, 0.25) is 0 Å². The first-order valence-electron chi connectivity index (χ1n) is 7.13. The van der Waals surface area contributed by atoms with Gasteiger partial charge >= 0.3 is 0 Å². The van der Waals surface area contributed by atoms with Crippen LogP contribution in [0.2, 0.25) is 0 Å². The van der Waals surface area contributed by atoms with Crippen LogP contribution < -0.4 is 0 Å². The molecule has 3 rings (SSSR count). The molecule has 0 atom stereocenters. The number of aromatic nitrogens is 1. The van der Waals surface area contributed by atoms with Gasteiger partial charge in [-0.1, -0.05) is 24.3 Å². The lowest BCUT2D eigenvalue weighted by Crippen LogP contribution is -2.39. The standard InChI is InChI=1S/C15H19N3O2S/c1-17(21(19,20)18-10-2-3-11-18)12-14-7-4-6-13-8-5-9-16-15(13)14/h4-9H,2-3,10-12H2,1H3. The molecule has 2 heterocycles. The Morgan fingerprint density at radius 2 is 1.90 bits per heavy atom. The second-order valence-electron chi connectivity index (χ2n) is 5.36. The van der Waals surface area contributed by atoms with E-state index in [1.165, 1.54) is 4.31 Å². The molecule has 1 aromatic carbocycles. The monoisotopic (exact) mass is 305 g/mol. The van der Waals surface area contributed by atoms with Crippen molar-refractivity contribution in [2.75, 3.05) is 20.1 Å². The van der Waals surface area contributed by atoms with E-state index in [2.05, 4.69) is 4.98 Å². The quantitative estimate of drug-likeness (QED) is 0.868. The molecule has 0 saturated carbocycles. The molecule has 5 nitrogen and oxygen atoms in total. The van der Waals surface area contributed by atoms with Crippen molar-refractivity contribution in [2.24, 2.45) is 0 Å². The predicted octanol–water partition coefficient (Wildman–Crippen LogP) is 2.01. The van der Waals surface area contributed by atoms with Gasteiger partial charge in [-0.2, -0.15) is 17.0 Å². The van der Waals surface area contributed by atoms with Crippen molar-refractivity contribution in [1.29, 1.82) is 0 Å². The van der Waals surface area contributed by atoms with E-state index in [1.54, 1.807) is 17.5 Å². The molecule has 6 heteroatoms. The summed E-state index contributed by atoms with van der Waals surface area (Å²) in [7, 11) is -1.73. The number of hydrogen-bond donors (Lipinski definition) is 0. The number of benzene rings is 1. The van der Waals surface area contributed by atoms with Gasteiger partial charge in [-0.05, 0) is 24.5 Å². The Kier molecular flexibility index (Phi) is 3.93. The van der Waals surface area contributed by atoms with E-state index in [1.807, 2.05) is 30.3 Å². The van der Waals surface area contributed by atoms with Crippen molar-refractivity contribution < 1.29 is 8.42 Å². The van der Waals surface area contributed by atoms with Crippen LogP contribution in [0, 0.1) is 0 Å². The third-order valence-corrected chi connectivity index (χ3v) is 5.83. The van der Waals surface area contributed by atoms with Crippen LogP contribution in [0.5, 0.6) is 0 Å². The van der Waals surface area contributed by atoms with Crippen LogP contribution in [0.1, 0.15) is 18.4 Å². The molecule has 0 amide bonds. The average molecular weight is 305 g/mol. The smallest absolute Gasteiger partial charge is 0.256 e. The molecule has 1 aliphatic heterocycles. The molecule has 2 aromatic rings. The Bertz CT molecular complexity index is 734. The average Bonchev–Trinajstić information content (AvgIpc) is 3.02. The maximum absolute atomic E-state index is 12.5. The highest BCUT2D eigenvalue weighted by atomic mass is 32.2. The van der Waals surface area contributed by atoms with Crippen LogP contribution in [-0.4, -0.2) is 42.1 Å². The van der Waals surface area contributed by atoms with E-state index in [4.69, 9.17) is 0 Å². The molecule has 1 aliphatic rings. The summed E-state index contributed by atoms with van der Waals surface area (Å²) in [4.78, 5) is 4.38. The number of nitrogens with zero attached hydrogens (tertiary/aromatic N) is 3. The largest absolute Gasteiger partial charge is 0.282 e. The Hall–Kier alpha value is -1.50. The maximum atomic E-state index is 12.5. The summed E-state index contributed by atoms with van der Waals surface area (Å²) in [6.07, 6.45) is 3.63. The van der Waals surface area contributed by atoms with Crippen molar-refractivity contribution in [3.63, 3.8) is 0 Å². The molecule has 0 spiro atoms. The van der Waals surface area contributed by atoms with Gasteiger partial charge in [-0.25, -0.2) is 0 Å². The van der Waals surface area contributed by atoms with Gasteiger partial charge in [0.25, 0.3) is 10.2 Å². The van der Waals surface area contributed by atoms with Crippen molar-refractivity contribution in [2.45, 2.75) is 19.4 Å². The fourth-order valence-electron chi connectivity index (χ4n) is 2.73. The number of rotatable bonds is 4. The third-order valence-electron chi connectivity index (χ3n) is 3.89. The molecular weight excluding hydrogens is 286 g/mol. The first-order valence-corrected chi connectivity index (χ1v) is 8.53. The highest BCUT2D eigenvalue weighted by Crippen LogP contribution is 2.21. The van der Waals surface area contributed by atoms with E-state index >= 15 is 0 Å². The summed E-state index contributed by atoms with van der Waals surface area (Å²) in [5.41, 5.74) is 1.79. The Balaban J connectivity index is 1.88. The maximum Gasteiger partial charge on any atom is 0.282 e. The number of fused-ring (bicyclic) bond motifs is 1. The minimum atomic E-state index is -3.37. The zero-order valence-corrected chi connectivity index (χ0v) is 12.9. The van der Waals surface area contributed by atoms with Gasteiger partial charge in [-0.3, -0.25) is 4.98 Å². The van der Waals surface area contributed by atoms with Gasteiger partial charge in [0, 0.05) is 38.3 Å². The minimum Gasteiger partial charge on any atom is -0.256 e. The molecule has 1 aromatic heterocycles. The molecular formula is C15H19N3O2S. The lowest BCUT2D eigenvalue weighted by molar-refractivity contribution is 0.392. The van der Waals surface area contributed by atoms with Crippen LogP contribution in [0.3, 0.4) is 0 Å². The highest BCUT2D eigenvalue weighted by Gasteiger charge is 2.29. The number of hydrogen-bond acceptors (Lipinski definition) is 3. The molecule has 1 fully saturated rings. The predicted molar refractivity (Wildman–Crippen MR) is 82.9 cm³/mol. The normalized spacial score (nSPS) is 16.9. The van der Waals surface area contributed by atoms with E-state index < -0.39 is 10.2 Å². The molecule has 112 valence electrons. The minimum absolute atomic E-state index is 0.340. The molecule has 0 radical (unpaired) electrons. The van der Waals surface area contributed by atoms with Crippen LogP contribution >= 0.6 is 0 Å². The summed E-state index contributed by atoms with van der Waals surface area (Å²) in [6, 6.07) is 9.74. The van der Waals surface area contributed by atoms with Crippen molar-refractivity contribution in [3.05, 3.63) is 42.1 Å². The first kappa shape index (κ1) is 14.4. The summed E-state index contributed by atoms with van der Waals surface area (Å²) in [5.74, 6) is 0. The molecule has 0 unspecified atom stereocenters. The second kappa shape index (κ2) is 5.71. The van der Waals surface area contributed by atoms with Crippen LogP contribution in [0.4, 0.5) is 0 Å². The van der Waals surface area contributed by atoms with Crippen LogP contribution in [0.15, 0.2) is 36.5 Å². The zero-order chi connectivity index (χ0) is 14.9. The zero-order valence-electron chi connectivity index (χ0n) is 12.1. The van der Waals surface area contributed by atoms with Crippen LogP contribution in [-0.2, 0) is 16.8 Å². The van der Waals surface area contributed by atoms with Crippen molar-refractivity contribution in [3.8, 4) is 0 Å². The first-order chi connectivity index (χ1) is 10.1. The number of pyridine rings is 1. The summed E-state index contributed by atoms with van der Waals surface area (Å²) in [5, 5.41) is 1.03. The van der Waals surface area contributed by atoms with Gasteiger partial charge in [0.1, 0.15) is 0 Å². The van der Waals surface area contributed by atoms with E-state index in [0.717, 1.165) is 29.3 Å². The SMILES string of the molecule is CN(Cc1cccc2cccnc12)S(=O)(=O)N1CCCC1. The Labute approximate surface area is 125 Å². The summed E-state index contributed by atoms with van der Waals surface area (Å²) < 4.78 is 28.0. The van der Waals surface area contributed by atoms with Gasteiger partial charge in [-0.15, -0.1) is 0 Å². The van der Waals surface area contributed by atoms with Gasteiger partial charge in [0.05, 0.1) is 5.52 Å². The summed E-state index contributed by atoms with van der Waals surface area (Å²) >= 11 is 0. The third kappa shape index (κ3) is 2.79. The molecule has 0 aliphatic carbocycles. The van der Waals surface area contributed by atoms with E-state index in [0.29, 0.717) is 19.6 Å². The Morgan fingerprint density at radius 1 is 1.19 bits per heavy atom. The van der Waals surface area contributed by atoms with Crippen molar-refractivity contribution >= 4 is 21.1 Å². The highest BCUT2D eigenvalue weighted by molar-refractivity contribution is 7.86. The molecule has 21 heavy (non-hydrogen) atoms. The molecule has 0 N–H and O–H groups in total. The van der Waals surface area contributed by atoms with Gasteiger partial charge in [0.15, 0.2) is 0 Å². The molecule has 1 saturated heterocycles.